The van der Waals surface area contributed by atoms with E-state index in [1.165, 1.54) is 23.3 Å². The van der Waals surface area contributed by atoms with Gasteiger partial charge in [-0.25, -0.2) is 9.97 Å². The highest BCUT2D eigenvalue weighted by atomic mass is 32.2. The Balaban J connectivity index is 2.18. The molecule has 0 bridgehead atoms. The van der Waals surface area contributed by atoms with Crippen molar-refractivity contribution in [2.45, 2.75) is 29.3 Å². The van der Waals surface area contributed by atoms with Crippen LogP contribution < -0.4 is 5.73 Å². The zero-order valence-corrected chi connectivity index (χ0v) is 10.7. The summed E-state index contributed by atoms with van der Waals surface area (Å²) in [6.45, 7) is 3.84. The molecule has 2 N–H and O–H groups in total. The van der Waals surface area contributed by atoms with Crippen LogP contribution in [0.15, 0.2) is 27.7 Å². The van der Waals surface area contributed by atoms with Crippen LogP contribution in [-0.2, 0) is 0 Å². The Labute approximate surface area is 102 Å². The summed E-state index contributed by atoms with van der Waals surface area (Å²) in [6, 6.07) is 3.95. The quantitative estimate of drug-likeness (QED) is 0.908. The van der Waals surface area contributed by atoms with Crippen LogP contribution in [0.4, 0.5) is 0 Å². The maximum Gasteiger partial charge on any atom is 0.176 e. The van der Waals surface area contributed by atoms with Crippen molar-refractivity contribution in [2.24, 2.45) is 5.73 Å². The van der Waals surface area contributed by atoms with Crippen LogP contribution in [0.3, 0.4) is 0 Å². The minimum Gasteiger partial charge on any atom is -0.324 e. The predicted octanol–water partition coefficient (Wildman–Crippen LogP) is 2.41. The van der Waals surface area contributed by atoms with Gasteiger partial charge in [-0.2, -0.15) is 4.37 Å². The smallest absolute Gasteiger partial charge is 0.176 e. The largest absolute Gasteiger partial charge is 0.324 e. The van der Waals surface area contributed by atoms with Crippen molar-refractivity contribution in [2.75, 3.05) is 0 Å². The summed E-state index contributed by atoms with van der Waals surface area (Å²) in [4.78, 5) is 8.55. The van der Waals surface area contributed by atoms with Crippen LogP contribution >= 0.6 is 23.3 Å². The molecule has 84 valence electrons. The zero-order chi connectivity index (χ0) is 11.5. The molecular weight excluding hydrogens is 240 g/mol. The van der Waals surface area contributed by atoms with Crippen LogP contribution in [-0.4, -0.2) is 14.3 Å². The normalized spacial score (nSPS) is 12.7. The molecule has 6 heteroatoms. The number of aromatic nitrogens is 3. The third-order valence-corrected chi connectivity index (χ3v) is 3.76. The first-order valence-electron chi connectivity index (χ1n) is 4.85. The minimum absolute atomic E-state index is 0.0264. The van der Waals surface area contributed by atoms with E-state index in [4.69, 9.17) is 5.73 Å². The SMILES string of the molecule is Cc1nsc(Sc2cc(C(C)N)ccn2)n1. The van der Waals surface area contributed by atoms with Gasteiger partial charge in [0.1, 0.15) is 10.9 Å². The summed E-state index contributed by atoms with van der Waals surface area (Å²) in [5.41, 5.74) is 6.90. The lowest BCUT2D eigenvalue weighted by atomic mass is 10.1. The molecule has 0 spiro atoms. The summed E-state index contributed by atoms with van der Waals surface area (Å²) >= 11 is 2.91. The van der Waals surface area contributed by atoms with Gasteiger partial charge in [-0.15, -0.1) is 0 Å². The van der Waals surface area contributed by atoms with Crippen molar-refractivity contribution in [3.63, 3.8) is 0 Å². The fraction of sp³-hybridized carbons (Fsp3) is 0.300. The zero-order valence-electron chi connectivity index (χ0n) is 9.04. The number of aryl methyl sites for hydroxylation is 1. The van der Waals surface area contributed by atoms with Crippen molar-refractivity contribution in [1.29, 1.82) is 0 Å². The summed E-state index contributed by atoms with van der Waals surface area (Å²) < 4.78 is 5.04. The first kappa shape index (κ1) is 11.5. The lowest BCUT2D eigenvalue weighted by Gasteiger charge is -2.05. The summed E-state index contributed by atoms with van der Waals surface area (Å²) in [5, 5.41) is 0.908. The number of nitrogens with zero attached hydrogens (tertiary/aromatic N) is 3. The van der Waals surface area contributed by atoms with Gasteiger partial charge in [0, 0.05) is 12.2 Å². The van der Waals surface area contributed by atoms with Gasteiger partial charge >= 0.3 is 0 Å². The van der Waals surface area contributed by atoms with Crippen LogP contribution in [0.1, 0.15) is 24.4 Å². The highest BCUT2D eigenvalue weighted by molar-refractivity contribution is 8.00. The lowest BCUT2D eigenvalue weighted by molar-refractivity contribution is 0.808. The van der Waals surface area contributed by atoms with E-state index in [2.05, 4.69) is 14.3 Å². The molecule has 0 aliphatic rings. The first-order valence-corrected chi connectivity index (χ1v) is 6.44. The van der Waals surface area contributed by atoms with E-state index in [-0.39, 0.29) is 6.04 Å². The van der Waals surface area contributed by atoms with E-state index in [9.17, 15) is 0 Å². The van der Waals surface area contributed by atoms with Crippen molar-refractivity contribution in [1.82, 2.24) is 14.3 Å². The summed E-state index contributed by atoms with van der Waals surface area (Å²) in [7, 11) is 0. The molecule has 0 aliphatic heterocycles. The lowest BCUT2D eigenvalue weighted by Crippen LogP contribution is -2.04. The molecule has 1 unspecified atom stereocenters. The van der Waals surface area contributed by atoms with E-state index in [1.54, 1.807) is 6.20 Å². The molecule has 2 aromatic heterocycles. The van der Waals surface area contributed by atoms with E-state index < -0.39 is 0 Å². The van der Waals surface area contributed by atoms with Gasteiger partial charge in [-0.05, 0) is 54.8 Å². The second kappa shape index (κ2) is 4.90. The molecule has 4 nitrogen and oxygen atoms in total. The van der Waals surface area contributed by atoms with Crippen LogP contribution in [0.25, 0.3) is 0 Å². The van der Waals surface area contributed by atoms with Gasteiger partial charge in [0.2, 0.25) is 0 Å². The Bertz CT molecular complexity index is 481. The standard InChI is InChI=1S/C10H12N4S2/c1-6(11)8-3-4-12-9(5-8)15-10-13-7(2)14-16-10/h3-6H,11H2,1-2H3. The van der Waals surface area contributed by atoms with Gasteiger partial charge in [0.15, 0.2) is 4.34 Å². The molecule has 0 aliphatic carbocycles. The van der Waals surface area contributed by atoms with Crippen molar-refractivity contribution < 1.29 is 0 Å². The van der Waals surface area contributed by atoms with Gasteiger partial charge < -0.3 is 5.73 Å². The van der Waals surface area contributed by atoms with Crippen molar-refractivity contribution >= 4 is 23.3 Å². The third kappa shape index (κ3) is 2.78. The second-order valence-corrected chi connectivity index (χ2v) is 5.45. The van der Waals surface area contributed by atoms with Gasteiger partial charge in [0.25, 0.3) is 0 Å². The number of nitrogens with two attached hydrogens (primary N) is 1. The molecule has 2 heterocycles. The Morgan fingerprint density at radius 1 is 1.50 bits per heavy atom. The fourth-order valence-electron chi connectivity index (χ4n) is 1.17. The molecule has 0 saturated carbocycles. The maximum absolute atomic E-state index is 5.82. The maximum atomic E-state index is 5.82. The highest BCUT2D eigenvalue weighted by Crippen LogP contribution is 2.28. The monoisotopic (exact) mass is 252 g/mol. The molecule has 0 saturated heterocycles. The number of pyridine rings is 1. The van der Waals surface area contributed by atoms with E-state index >= 15 is 0 Å². The molecule has 0 amide bonds. The first-order chi connectivity index (χ1) is 7.65. The van der Waals surface area contributed by atoms with Crippen molar-refractivity contribution in [3.8, 4) is 0 Å². The van der Waals surface area contributed by atoms with Crippen LogP contribution in [0.5, 0.6) is 0 Å². The van der Waals surface area contributed by atoms with Gasteiger partial charge in [-0.1, -0.05) is 0 Å². The Kier molecular flexibility index (Phi) is 3.52. The van der Waals surface area contributed by atoms with Crippen LogP contribution in [0.2, 0.25) is 0 Å². The van der Waals surface area contributed by atoms with Gasteiger partial charge in [0.05, 0.1) is 0 Å². The summed E-state index contributed by atoms with van der Waals surface area (Å²) in [6.07, 6.45) is 1.77. The Morgan fingerprint density at radius 2 is 2.31 bits per heavy atom. The Morgan fingerprint density at radius 3 is 2.94 bits per heavy atom. The molecule has 0 aromatic carbocycles. The Hall–Kier alpha value is -0.980. The number of hydrogen-bond acceptors (Lipinski definition) is 6. The summed E-state index contributed by atoms with van der Waals surface area (Å²) in [5.74, 6) is 0.802. The predicted molar refractivity (Wildman–Crippen MR) is 65.6 cm³/mol. The average molecular weight is 252 g/mol. The highest BCUT2D eigenvalue weighted by Gasteiger charge is 2.06. The molecule has 0 radical (unpaired) electrons. The molecule has 0 fully saturated rings. The van der Waals surface area contributed by atoms with Crippen molar-refractivity contribution in [3.05, 3.63) is 29.7 Å². The molecule has 1 atom stereocenters. The topological polar surface area (TPSA) is 64.7 Å². The fourth-order valence-corrected chi connectivity index (χ4v) is 2.78. The second-order valence-electron chi connectivity index (χ2n) is 3.43. The molecule has 16 heavy (non-hydrogen) atoms. The number of hydrogen-bond donors (Lipinski definition) is 1. The third-order valence-electron chi connectivity index (χ3n) is 1.99. The average Bonchev–Trinajstić information content (AvgIpc) is 2.64. The molecule has 2 aromatic rings. The van der Waals surface area contributed by atoms with Gasteiger partial charge in [-0.3, -0.25) is 0 Å². The van der Waals surface area contributed by atoms with E-state index in [0.29, 0.717) is 0 Å². The van der Waals surface area contributed by atoms with E-state index in [1.807, 2.05) is 26.0 Å². The van der Waals surface area contributed by atoms with Crippen LogP contribution in [0, 0.1) is 6.92 Å². The van der Waals surface area contributed by atoms with E-state index in [0.717, 1.165) is 20.8 Å². The molecular formula is C10H12N4S2. The minimum atomic E-state index is 0.0264. The number of rotatable bonds is 3. The molecule has 2 rings (SSSR count).